The molecule has 94 valence electrons. The lowest BCUT2D eigenvalue weighted by Gasteiger charge is -2.23. The molecule has 0 bridgehead atoms. The maximum atomic E-state index is 12.4. The Balaban J connectivity index is 1.88. The van der Waals surface area contributed by atoms with E-state index in [-0.39, 0.29) is 11.9 Å². The molecule has 2 aromatic rings. The summed E-state index contributed by atoms with van der Waals surface area (Å²) < 4.78 is 1.75. The van der Waals surface area contributed by atoms with E-state index in [2.05, 4.69) is 15.2 Å². The number of likely N-dealkylation sites (tertiary alicyclic amines) is 1. The van der Waals surface area contributed by atoms with Crippen LogP contribution in [-0.2, 0) is 7.05 Å². The van der Waals surface area contributed by atoms with Crippen molar-refractivity contribution in [2.24, 2.45) is 7.05 Å². The molecule has 0 saturated carbocycles. The molecule has 6 heteroatoms. The summed E-state index contributed by atoms with van der Waals surface area (Å²) in [5.74, 6) is 0.473. The van der Waals surface area contributed by atoms with Crippen molar-refractivity contribution in [2.75, 3.05) is 6.54 Å². The van der Waals surface area contributed by atoms with E-state index in [9.17, 15) is 4.79 Å². The van der Waals surface area contributed by atoms with E-state index in [1.807, 2.05) is 18.0 Å². The Labute approximate surface area is 105 Å². The number of carbonyl (C=O) groups excluding carboxylic acids is 1. The third kappa shape index (κ3) is 1.70. The van der Waals surface area contributed by atoms with Gasteiger partial charge in [-0.3, -0.25) is 9.89 Å². The smallest absolute Gasteiger partial charge is 0.290 e. The Morgan fingerprint density at radius 2 is 2.39 bits per heavy atom. The van der Waals surface area contributed by atoms with E-state index in [4.69, 9.17) is 0 Å². The SMILES string of the molecule is Cn1ccnc1C(=O)N1CCC[C@@H]1c1ccn[nH]1. The fourth-order valence-electron chi connectivity index (χ4n) is 2.49. The molecule has 3 heterocycles. The molecule has 2 aromatic heterocycles. The van der Waals surface area contributed by atoms with E-state index >= 15 is 0 Å². The predicted molar refractivity (Wildman–Crippen MR) is 64.8 cm³/mol. The lowest BCUT2D eigenvalue weighted by molar-refractivity contribution is 0.0717. The fraction of sp³-hybridized carbons (Fsp3) is 0.417. The number of hydrogen-bond donors (Lipinski definition) is 1. The van der Waals surface area contributed by atoms with Gasteiger partial charge in [-0.2, -0.15) is 5.10 Å². The van der Waals surface area contributed by atoms with Crippen LogP contribution in [-0.4, -0.2) is 37.1 Å². The number of imidazole rings is 1. The van der Waals surface area contributed by atoms with Crippen LogP contribution < -0.4 is 0 Å². The first kappa shape index (κ1) is 11.0. The Kier molecular flexibility index (Phi) is 2.62. The summed E-state index contributed by atoms with van der Waals surface area (Å²) in [6, 6.07) is 2.02. The predicted octanol–water partition coefficient (Wildman–Crippen LogP) is 1.12. The van der Waals surface area contributed by atoms with E-state index in [1.165, 1.54) is 0 Å². The van der Waals surface area contributed by atoms with Crippen molar-refractivity contribution >= 4 is 5.91 Å². The lowest BCUT2D eigenvalue weighted by atomic mass is 10.1. The van der Waals surface area contributed by atoms with Crippen LogP contribution in [0, 0.1) is 0 Å². The van der Waals surface area contributed by atoms with Crippen LogP contribution in [0.2, 0.25) is 0 Å². The number of aryl methyl sites for hydroxylation is 1. The van der Waals surface area contributed by atoms with Crippen molar-refractivity contribution in [3.05, 3.63) is 36.2 Å². The van der Waals surface area contributed by atoms with Gasteiger partial charge < -0.3 is 9.47 Å². The van der Waals surface area contributed by atoms with Crippen LogP contribution >= 0.6 is 0 Å². The summed E-state index contributed by atoms with van der Waals surface area (Å²) in [6.45, 7) is 0.773. The number of aromatic amines is 1. The molecule has 6 nitrogen and oxygen atoms in total. The van der Waals surface area contributed by atoms with Gasteiger partial charge in [-0.25, -0.2) is 4.98 Å². The Hall–Kier alpha value is -2.11. The highest BCUT2D eigenvalue weighted by Crippen LogP contribution is 2.31. The Morgan fingerprint density at radius 1 is 1.50 bits per heavy atom. The molecule has 3 rings (SSSR count). The fourth-order valence-corrected chi connectivity index (χ4v) is 2.49. The normalized spacial score (nSPS) is 19.4. The zero-order valence-electron chi connectivity index (χ0n) is 10.2. The maximum absolute atomic E-state index is 12.4. The van der Waals surface area contributed by atoms with Crippen LogP contribution in [0.25, 0.3) is 0 Å². The molecule has 1 amide bonds. The van der Waals surface area contributed by atoms with Crippen molar-refractivity contribution in [3.8, 4) is 0 Å². The molecule has 1 atom stereocenters. The number of rotatable bonds is 2. The lowest BCUT2D eigenvalue weighted by Crippen LogP contribution is -2.32. The second-order valence-corrected chi connectivity index (χ2v) is 4.53. The summed E-state index contributed by atoms with van der Waals surface area (Å²) in [7, 11) is 1.83. The standard InChI is InChI=1S/C12H15N5O/c1-16-8-6-13-11(16)12(18)17-7-2-3-10(17)9-4-5-14-15-9/h4-6,8,10H,2-3,7H2,1H3,(H,14,15)/t10-/m1/s1. The highest BCUT2D eigenvalue weighted by molar-refractivity contribution is 5.91. The van der Waals surface area contributed by atoms with E-state index in [1.54, 1.807) is 23.2 Å². The van der Waals surface area contributed by atoms with Gasteiger partial charge in [0.05, 0.1) is 11.7 Å². The molecule has 1 aliphatic heterocycles. The summed E-state index contributed by atoms with van der Waals surface area (Å²) in [5, 5.41) is 6.91. The number of nitrogens with zero attached hydrogens (tertiary/aromatic N) is 4. The summed E-state index contributed by atoms with van der Waals surface area (Å²) in [4.78, 5) is 18.4. The largest absolute Gasteiger partial charge is 0.330 e. The van der Waals surface area contributed by atoms with Crippen molar-refractivity contribution in [2.45, 2.75) is 18.9 Å². The molecular formula is C12H15N5O. The zero-order valence-corrected chi connectivity index (χ0v) is 10.2. The quantitative estimate of drug-likeness (QED) is 0.862. The first-order valence-electron chi connectivity index (χ1n) is 6.05. The first-order chi connectivity index (χ1) is 8.77. The van der Waals surface area contributed by atoms with E-state index in [0.717, 1.165) is 25.1 Å². The second-order valence-electron chi connectivity index (χ2n) is 4.53. The Bertz CT molecular complexity index is 545. The van der Waals surface area contributed by atoms with Crippen LogP contribution in [0.15, 0.2) is 24.7 Å². The number of nitrogens with one attached hydrogen (secondary N) is 1. The zero-order chi connectivity index (χ0) is 12.5. The van der Waals surface area contributed by atoms with Crippen molar-refractivity contribution in [1.82, 2.24) is 24.6 Å². The number of hydrogen-bond acceptors (Lipinski definition) is 3. The summed E-state index contributed by atoms with van der Waals surface area (Å²) in [6.07, 6.45) is 7.14. The molecule has 0 aromatic carbocycles. The molecule has 0 spiro atoms. The van der Waals surface area contributed by atoms with Gasteiger partial charge in [0.2, 0.25) is 0 Å². The molecule has 18 heavy (non-hydrogen) atoms. The molecule has 1 N–H and O–H groups in total. The average Bonchev–Trinajstić information content (AvgIpc) is 3.09. The molecule has 1 aliphatic rings. The van der Waals surface area contributed by atoms with Crippen LogP contribution in [0.3, 0.4) is 0 Å². The van der Waals surface area contributed by atoms with Gasteiger partial charge in [0, 0.05) is 32.2 Å². The van der Waals surface area contributed by atoms with Crippen LogP contribution in [0.1, 0.15) is 35.2 Å². The molecule has 0 radical (unpaired) electrons. The van der Waals surface area contributed by atoms with Gasteiger partial charge in [0.15, 0.2) is 5.82 Å². The number of carbonyl (C=O) groups is 1. The van der Waals surface area contributed by atoms with Gasteiger partial charge >= 0.3 is 0 Å². The van der Waals surface area contributed by atoms with Crippen molar-refractivity contribution in [1.29, 1.82) is 0 Å². The summed E-state index contributed by atoms with van der Waals surface area (Å²) >= 11 is 0. The highest BCUT2D eigenvalue weighted by atomic mass is 16.2. The second kappa shape index (κ2) is 4.29. The van der Waals surface area contributed by atoms with Gasteiger partial charge in [-0.1, -0.05) is 0 Å². The number of amides is 1. The molecule has 1 fully saturated rings. The van der Waals surface area contributed by atoms with Crippen molar-refractivity contribution < 1.29 is 4.79 Å². The van der Waals surface area contributed by atoms with Gasteiger partial charge in [0.25, 0.3) is 5.91 Å². The van der Waals surface area contributed by atoms with E-state index < -0.39 is 0 Å². The third-order valence-electron chi connectivity index (χ3n) is 3.41. The summed E-state index contributed by atoms with van der Waals surface area (Å²) in [5.41, 5.74) is 0.995. The van der Waals surface area contributed by atoms with Crippen molar-refractivity contribution in [3.63, 3.8) is 0 Å². The molecule has 0 aliphatic carbocycles. The molecule has 1 saturated heterocycles. The number of H-pyrrole nitrogens is 1. The third-order valence-corrected chi connectivity index (χ3v) is 3.41. The molecular weight excluding hydrogens is 230 g/mol. The van der Waals surface area contributed by atoms with Gasteiger partial charge in [0.1, 0.15) is 0 Å². The monoisotopic (exact) mass is 245 g/mol. The highest BCUT2D eigenvalue weighted by Gasteiger charge is 2.32. The Morgan fingerprint density at radius 3 is 3.06 bits per heavy atom. The van der Waals surface area contributed by atoms with Crippen LogP contribution in [0.4, 0.5) is 0 Å². The maximum Gasteiger partial charge on any atom is 0.290 e. The first-order valence-corrected chi connectivity index (χ1v) is 6.05. The minimum atomic E-state index is -0.0143. The minimum Gasteiger partial charge on any atom is -0.330 e. The van der Waals surface area contributed by atoms with Gasteiger partial charge in [-0.15, -0.1) is 0 Å². The number of aromatic nitrogens is 4. The molecule has 0 unspecified atom stereocenters. The van der Waals surface area contributed by atoms with Gasteiger partial charge in [-0.05, 0) is 18.9 Å². The van der Waals surface area contributed by atoms with E-state index in [0.29, 0.717) is 5.82 Å². The average molecular weight is 245 g/mol. The topological polar surface area (TPSA) is 66.8 Å². The van der Waals surface area contributed by atoms with Crippen LogP contribution in [0.5, 0.6) is 0 Å². The minimum absolute atomic E-state index is 0.0143.